The van der Waals surface area contributed by atoms with Crippen molar-refractivity contribution < 1.29 is 22.7 Å². The molecule has 1 aromatic heterocycles. The molecule has 5 nitrogen and oxygen atoms in total. The summed E-state index contributed by atoms with van der Waals surface area (Å²) < 4.78 is 47.0. The molecule has 4 saturated carbocycles. The van der Waals surface area contributed by atoms with E-state index in [-0.39, 0.29) is 11.3 Å². The molecule has 4 aliphatic carbocycles. The summed E-state index contributed by atoms with van der Waals surface area (Å²) >= 11 is 0. The Labute approximate surface area is 190 Å². The van der Waals surface area contributed by atoms with E-state index in [1.807, 2.05) is 37.3 Å². The molecule has 0 amide bonds. The lowest BCUT2D eigenvalue weighted by Gasteiger charge is -2.56. The molecule has 0 saturated heterocycles. The van der Waals surface area contributed by atoms with Gasteiger partial charge in [-0.1, -0.05) is 37.3 Å². The van der Waals surface area contributed by atoms with Crippen molar-refractivity contribution in [3.05, 3.63) is 47.5 Å². The third-order valence-corrected chi connectivity index (χ3v) is 8.57. The smallest absolute Gasteiger partial charge is 0.434 e. The summed E-state index contributed by atoms with van der Waals surface area (Å²) in [7, 11) is 0. The lowest BCUT2D eigenvalue weighted by molar-refractivity contribution is -0.212. The van der Waals surface area contributed by atoms with Crippen LogP contribution in [0.5, 0.6) is 0 Å². The maximum absolute atomic E-state index is 13.3. The quantitative estimate of drug-likeness (QED) is 0.558. The third-order valence-electron chi connectivity index (χ3n) is 8.57. The molecule has 5 aliphatic rings. The molecule has 7 rings (SSSR count). The molecule has 0 N–H and O–H groups in total. The van der Waals surface area contributed by atoms with E-state index in [2.05, 4.69) is 10.2 Å². The van der Waals surface area contributed by atoms with Gasteiger partial charge in [0.2, 0.25) is 0 Å². The number of rotatable bonds is 3. The van der Waals surface area contributed by atoms with Crippen LogP contribution in [0.1, 0.15) is 87.1 Å². The number of ether oxygens (including phenoxy) is 1. The van der Waals surface area contributed by atoms with Gasteiger partial charge in [-0.2, -0.15) is 13.2 Å². The van der Waals surface area contributed by atoms with Crippen LogP contribution in [-0.4, -0.2) is 26.9 Å². The van der Waals surface area contributed by atoms with Gasteiger partial charge < -0.3 is 4.74 Å². The van der Waals surface area contributed by atoms with Gasteiger partial charge in [-0.3, -0.25) is 4.57 Å². The molecular weight excluding hydrogens is 431 g/mol. The average molecular weight is 460 g/mol. The van der Waals surface area contributed by atoms with Gasteiger partial charge in [0.25, 0.3) is 0 Å². The molecule has 0 spiro atoms. The molecule has 1 aliphatic heterocycles. The van der Waals surface area contributed by atoms with Crippen molar-refractivity contribution in [2.75, 3.05) is 0 Å². The minimum Gasteiger partial charge on any atom is -0.434 e. The predicted octanol–water partition coefficient (Wildman–Crippen LogP) is 5.64. The number of fused-ring (bicyclic) bond motifs is 1. The number of hydrogen-bond donors (Lipinski definition) is 0. The molecule has 4 bridgehead atoms. The van der Waals surface area contributed by atoms with Crippen molar-refractivity contribution in [3.63, 3.8) is 0 Å². The molecule has 2 heterocycles. The van der Waals surface area contributed by atoms with Gasteiger partial charge >= 0.3 is 12.1 Å². The molecule has 3 unspecified atom stereocenters. The second-order valence-electron chi connectivity index (χ2n) is 10.9. The Morgan fingerprint density at radius 2 is 1.61 bits per heavy atom. The first-order valence-corrected chi connectivity index (χ1v) is 12.0. The minimum absolute atomic E-state index is 0.00814. The van der Waals surface area contributed by atoms with Crippen molar-refractivity contribution in [1.82, 2.24) is 14.8 Å². The number of benzene rings is 1. The maximum Gasteiger partial charge on any atom is 0.491 e. The first-order valence-electron chi connectivity index (χ1n) is 12.0. The van der Waals surface area contributed by atoms with Crippen LogP contribution in [-0.2, 0) is 14.9 Å². The van der Waals surface area contributed by atoms with E-state index in [0.717, 1.165) is 30.7 Å². The van der Waals surface area contributed by atoms with E-state index < -0.39 is 24.3 Å². The van der Waals surface area contributed by atoms with Crippen LogP contribution in [0.25, 0.3) is 0 Å². The van der Waals surface area contributed by atoms with Crippen molar-refractivity contribution in [3.8, 4) is 0 Å². The van der Waals surface area contributed by atoms with Crippen LogP contribution >= 0.6 is 0 Å². The van der Waals surface area contributed by atoms with E-state index in [1.165, 1.54) is 19.3 Å². The lowest BCUT2D eigenvalue weighted by atomic mass is 9.49. The molecule has 2 aromatic rings. The first-order chi connectivity index (χ1) is 15.7. The number of esters is 1. The second-order valence-corrected chi connectivity index (χ2v) is 10.9. The first kappa shape index (κ1) is 21.2. The van der Waals surface area contributed by atoms with Crippen molar-refractivity contribution in [1.29, 1.82) is 0 Å². The van der Waals surface area contributed by atoms with Gasteiger partial charge in [0, 0.05) is 17.3 Å². The van der Waals surface area contributed by atoms with E-state index >= 15 is 0 Å². The molecule has 176 valence electrons. The van der Waals surface area contributed by atoms with Gasteiger partial charge in [0.15, 0.2) is 6.23 Å². The molecule has 0 radical (unpaired) electrons. The fraction of sp³-hybridized carbons (Fsp3) is 0.640. The number of aromatic nitrogens is 3. The lowest BCUT2D eigenvalue weighted by Crippen LogP contribution is -2.50. The Morgan fingerprint density at radius 1 is 1.00 bits per heavy atom. The van der Waals surface area contributed by atoms with Crippen LogP contribution in [0.3, 0.4) is 0 Å². The summed E-state index contributed by atoms with van der Waals surface area (Å²) in [6.45, 7) is 2.03. The molecule has 1 aromatic carbocycles. The number of nitrogens with zero attached hydrogens (tertiary/aromatic N) is 3. The van der Waals surface area contributed by atoms with Gasteiger partial charge in [-0.15, -0.1) is 10.2 Å². The Kier molecular flexibility index (Phi) is 4.69. The number of carbonyl (C=O) groups excluding carboxylic acids is 1. The minimum atomic E-state index is -5.06. The zero-order valence-electron chi connectivity index (χ0n) is 18.6. The number of carbonyl (C=O) groups is 1. The van der Waals surface area contributed by atoms with Crippen LogP contribution in [0, 0.1) is 17.8 Å². The zero-order valence-corrected chi connectivity index (χ0v) is 18.6. The van der Waals surface area contributed by atoms with E-state index in [9.17, 15) is 18.0 Å². The van der Waals surface area contributed by atoms with Crippen molar-refractivity contribution >= 4 is 5.97 Å². The number of alkyl halides is 3. The van der Waals surface area contributed by atoms with E-state index in [1.54, 1.807) is 4.57 Å². The second kappa shape index (κ2) is 7.31. The van der Waals surface area contributed by atoms with Gasteiger partial charge in [0.1, 0.15) is 11.6 Å². The van der Waals surface area contributed by atoms with Crippen molar-refractivity contribution in [2.45, 2.75) is 81.5 Å². The van der Waals surface area contributed by atoms with Gasteiger partial charge in [-0.25, -0.2) is 4.79 Å². The Morgan fingerprint density at radius 3 is 2.18 bits per heavy atom. The van der Waals surface area contributed by atoms with Gasteiger partial charge in [-0.05, 0) is 68.3 Å². The fourth-order valence-corrected chi connectivity index (χ4v) is 7.73. The zero-order chi connectivity index (χ0) is 23.0. The number of halogens is 3. The van der Waals surface area contributed by atoms with Gasteiger partial charge in [0.05, 0.1) is 0 Å². The largest absolute Gasteiger partial charge is 0.491 e. The normalized spacial score (nSPS) is 37.1. The summed E-state index contributed by atoms with van der Waals surface area (Å²) in [5.74, 6) is 0.745. The molecule has 33 heavy (non-hydrogen) atoms. The maximum atomic E-state index is 13.3. The Bertz CT molecular complexity index is 1030. The SMILES string of the molecule is CC1CC(c2ccccc2)C(OC(=O)C(F)(F)F)n2c1nnc2C12CC3CC(CC(C3)C1)C2. The Hall–Kier alpha value is -2.38. The van der Waals surface area contributed by atoms with E-state index in [0.29, 0.717) is 30.0 Å². The molecular formula is C25H28F3N3O2. The van der Waals surface area contributed by atoms with Crippen molar-refractivity contribution in [2.24, 2.45) is 17.8 Å². The van der Waals surface area contributed by atoms with Crippen LogP contribution in [0.2, 0.25) is 0 Å². The summed E-state index contributed by atoms with van der Waals surface area (Å²) in [6, 6.07) is 9.39. The monoisotopic (exact) mass is 459 g/mol. The summed E-state index contributed by atoms with van der Waals surface area (Å²) in [4.78, 5) is 12.1. The van der Waals surface area contributed by atoms with Crippen LogP contribution in [0.15, 0.2) is 30.3 Å². The van der Waals surface area contributed by atoms with E-state index in [4.69, 9.17) is 4.74 Å². The highest BCUT2D eigenvalue weighted by atomic mass is 19.4. The van der Waals surface area contributed by atoms with Crippen LogP contribution < -0.4 is 0 Å². The highest BCUT2D eigenvalue weighted by molar-refractivity contribution is 5.75. The average Bonchev–Trinajstić information content (AvgIpc) is 3.21. The standard InChI is InChI=1S/C25H28F3N3O2/c1-14-7-19(18-5-3-2-4-6-18)21(33-23(32)25(26,27)28)31-20(14)29-30-22(31)24-11-15-8-16(12-24)10-17(9-15)13-24/h2-6,14-17,19,21H,7-13H2,1H3. The highest BCUT2D eigenvalue weighted by Gasteiger charge is 2.56. The summed E-state index contributed by atoms with van der Waals surface area (Å²) in [6.07, 6.45) is 1.12. The topological polar surface area (TPSA) is 57.0 Å². The molecule has 3 atom stereocenters. The number of hydrogen-bond acceptors (Lipinski definition) is 4. The highest BCUT2D eigenvalue weighted by Crippen LogP contribution is 2.61. The summed E-state index contributed by atoms with van der Waals surface area (Å²) in [5, 5.41) is 9.11. The molecule has 4 fully saturated rings. The molecule has 8 heteroatoms. The summed E-state index contributed by atoms with van der Waals surface area (Å²) in [5.41, 5.74) is 0.682. The fourth-order valence-electron chi connectivity index (χ4n) is 7.73. The third kappa shape index (κ3) is 3.39. The Balaban J connectivity index is 1.47. The van der Waals surface area contributed by atoms with Crippen LogP contribution in [0.4, 0.5) is 13.2 Å². The predicted molar refractivity (Wildman–Crippen MR) is 113 cm³/mol.